The standard InChI is InChI=1S/C13H18INS2Te/c1-3-15(4-2)13(16)17-18(14)9-11-7-5-6-8-12(11)10-18/h5-8H,3-4,9-10H2,1-2H3. The Balaban J connectivity index is 2.06. The Morgan fingerprint density at radius 1 is 1.28 bits per heavy atom. The van der Waals surface area contributed by atoms with Crippen LogP contribution in [0.3, 0.4) is 0 Å². The van der Waals surface area contributed by atoms with Gasteiger partial charge in [0.2, 0.25) is 0 Å². The average molecular weight is 507 g/mol. The molecule has 1 aliphatic rings. The van der Waals surface area contributed by atoms with Crippen molar-refractivity contribution in [1.29, 1.82) is 0 Å². The predicted octanol–water partition coefficient (Wildman–Crippen LogP) is 4.10. The summed E-state index contributed by atoms with van der Waals surface area (Å²) < 4.78 is 3.75. The molecule has 0 radical (unpaired) electrons. The number of hydrogen-bond acceptors (Lipinski definition) is 2. The topological polar surface area (TPSA) is 3.24 Å². The van der Waals surface area contributed by atoms with Gasteiger partial charge in [0.25, 0.3) is 0 Å². The molecule has 0 fully saturated rings. The Morgan fingerprint density at radius 2 is 1.78 bits per heavy atom. The zero-order valence-electron chi connectivity index (χ0n) is 10.7. The van der Waals surface area contributed by atoms with E-state index in [4.69, 9.17) is 12.2 Å². The van der Waals surface area contributed by atoms with Crippen molar-refractivity contribution in [3.8, 4) is 0 Å². The predicted molar refractivity (Wildman–Crippen MR) is 96.7 cm³/mol. The van der Waals surface area contributed by atoms with Crippen LogP contribution in [0.4, 0.5) is 0 Å². The van der Waals surface area contributed by atoms with Crippen LogP contribution in [0.25, 0.3) is 0 Å². The van der Waals surface area contributed by atoms with E-state index in [0.717, 1.165) is 17.4 Å². The van der Waals surface area contributed by atoms with Gasteiger partial charge in [0.05, 0.1) is 0 Å². The molecule has 1 nitrogen and oxygen atoms in total. The van der Waals surface area contributed by atoms with Gasteiger partial charge in [0.1, 0.15) is 0 Å². The Labute approximate surface area is 132 Å². The first-order chi connectivity index (χ1) is 8.58. The molecule has 1 aromatic carbocycles. The molecule has 100 valence electrons. The zero-order chi connectivity index (χ0) is 13.2. The summed E-state index contributed by atoms with van der Waals surface area (Å²) in [7, 11) is 2.06. The second kappa shape index (κ2) is 6.62. The first-order valence-electron chi connectivity index (χ1n) is 6.11. The molecule has 0 saturated heterocycles. The first kappa shape index (κ1) is 15.4. The number of nitrogens with zero attached hydrogens (tertiary/aromatic N) is 1. The molecule has 18 heavy (non-hydrogen) atoms. The van der Waals surface area contributed by atoms with Gasteiger partial charge in [-0.3, -0.25) is 0 Å². The summed E-state index contributed by atoms with van der Waals surface area (Å²) in [6.07, 6.45) is 0. The third-order valence-electron chi connectivity index (χ3n) is 3.10. The van der Waals surface area contributed by atoms with Crippen LogP contribution in [-0.4, -0.2) is 35.2 Å². The minimum atomic E-state index is -1.92. The van der Waals surface area contributed by atoms with Crippen molar-refractivity contribution in [3.05, 3.63) is 35.4 Å². The molecule has 1 heterocycles. The van der Waals surface area contributed by atoms with Crippen LogP contribution in [0.2, 0.25) is 0 Å². The van der Waals surface area contributed by atoms with Crippen LogP contribution in [0.5, 0.6) is 0 Å². The van der Waals surface area contributed by atoms with Gasteiger partial charge in [0, 0.05) is 0 Å². The Bertz CT molecular complexity index is 423. The molecule has 0 saturated carbocycles. The molecule has 0 spiro atoms. The maximum atomic E-state index is 5.62. The van der Waals surface area contributed by atoms with E-state index in [1.807, 2.05) is 0 Å². The molecule has 0 amide bonds. The summed E-state index contributed by atoms with van der Waals surface area (Å²) >= 11 is 6.49. The van der Waals surface area contributed by atoms with E-state index in [9.17, 15) is 0 Å². The van der Waals surface area contributed by atoms with Gasteiger partial charge in [-0.1, -0.05) is 0 Å². The quantitative estimate of drug-likeness (QED) is 0.345. The molecular formula is C13H18INS2Te. The van der Waals surface area contributed by atoms with E-state index in [0.29, 0.717) is 0 Å². The Kier molecular flexibility index (Phi) is 5.65. The molecule has 1 aromatic rings. The Hall–Kier alpha value is 0.980. The molecule has 0 aliphatic carbocycles. The molecule has 0 bridgehead atoms. The number of rotatable bonds is 3. The fraction of sp³-hybridized carbons (Fsp3) is 0.462. The summed E-state index contributed by atoms with van der Waals surface area (Å²) in [4.78, 5) is 2.31. The number of halogens is 1. The van der Waals surface area contributed by atoms with Crippen molar-refractivity contribution in [1.82, 2.24) is 4.90 Å². The van der Waals surface area contributed by atoms with E-state index in [1.165, 1.54) is 8.94 Å². The fourth-order valence-corrected chi connectivity index (χ4v) is 26.4. The van der Waals surface area contributed by atoms with Crippen molar-refractivity contribution in [2.75, 3.05) is 13.1 Å². The van der Waals surface area contributed by atoms with E-state index in [2.05, 4.69) is 70.7 Å². The van der Waals surface area contributed by atoms with E-state index >= 15 is 0 Å². The molecule has 5 heteroatoms. The second-order valence-corrected chi connectivity index (χ2v) is 32.3. The number of fused-ring (bicyclic) bond motifs is 1. The molecule has 1 aliphatic heterocycles. The maximum absolute atomic E-state index is 5.62. The van der Waals surface area contributed by atoms with Gasteiger partial charge < -0.3 is 0 Å². The third-order valence-corrected chi connectivity index (χ3v) is 22.8. The van der Waals surface area contributed by atoms with Crippen LogP contribution < -0.4 is 0 Å². The minimum absolute atomic E-state index is 1.03. The zero-order valence-corrected chi connectivity index (χ0v) is 16.8. The van der Waals surface area contributed by atoms with Crippen LogP contribution in [-0.2, 0) is 8.94 Å². The van der Waals surface area contributed by atoms with Gasteiger partial charge in [-0.15, -0.1) is 0 Å². The number of hydrogen-bond donors (Lipinski definition) is 0. The average Bonchev–Trinajstić information content (AvgIpc) is 2.66. The van der Waals surface area contributed by atoms with Gasteiger partial charge >= 0.3 is 133 Å². The molecule has 2 rings (SSSR count). The fourth-order valence-electron chi connectivity index (χ4n) is 2.08. The van der Waals surface area contributed by atoms with Crippen molar-refractivity contribution >= 4 is 57.1 Å². The van der Waals surface area contributed by atoms with E-state index in [-0.39, 0.29) is 0 Å². The second-order valence-electron chi connectivity index (χ2n) is 4.30. The summed E-state index contributed by atoms with van der Waals surface area (Å²) in [5.74, 6) is 0. The first-order valence-corrected chi connectivity index (χ1v) is 20.2. The molecule has 0 unspecified atom stereocenters. The van der Waals surface area contributed by atoms with Crippen LogP contribution in [0, 0.1) is 0 Å². The van der Waals surface area contributed by atoms with Crippen molar-refractivity contribution in [3.63, 3.8) is 0 Å². The van der Waals surface area contributed by atoms with Gasteiger partial charge in [0.15, 0.2) is 0 Å². The Morgan fingerprint density at radius 3 is 2.22 bits per heavy atom. The summed E-state index contributed by atoms with van der Waals surface area (Å²) in [5, 5.41) is 0. The summed E-state index contributed by atoms with van der Waals surface area (Å²) in [6, 6.07) is 8.92. The van der Waals surface area contributed by atoms with Crippen LogP contribution >= 0.6 is 39.9 Å². The van der Waals surface area contributed by atoms with Crippen LogP contribution in [0.15, 0.2) is 24.3 Å². The monoisotopic (exact) mass is 509 g/mol. The number of benzene rings is 1. The molecular weight excluding hydrogens is 489 g/mol. The van der Waals surface area contributed by atoms with E-state index < -0.39 is 12.9 Å². The van der Waals surface area contributed by atoms with Gasteiger partial charge in [-0.05, 0) is 0 Å². The summed E-state index contributed by atoms with van der Waals surface area (Å²) in [5.41, 5.74) is 3.14. The SMILES string of the molecule is CCN(CC)C(=S)S[Te]1(I)Cc2ccccc2C1. The summed E-state index contributed by atoms with van der Waals surface area (Å²) in [6.45, 7) is 6.44. The molecule has 0 aromatic heterocycles. The van der Waals surface area contributed by atoms with E-state index in [1.54, 1.807) is 11.1 Å². The van der Waals surface area contributed by atoms with Gasteiger partial charge in [-0.2, -0.15) is 0 Å². The van der Waals surface area contributed by atoms with Crippen LogP contribution in [0.1, 0.15) is 25.0 Å². The third kappa shape index (κ3) is 3.54. The van der Waals surface area contributed by atoms with Crippen molar-refractivity contribution < 1.29 is 0 Å². The normalized spacial score (nSPS) is 18.2. The van der Waals surface area contributed by atoms with Crippen molar-refractivity contribution in [2.24, 2.45) is 0 Å². The van der Waals surface area contributed by atoms with Crippen molar-refractivity contribution in [2.45, 2.75) is 22.8 Å². The number of thiocarbonyl (C=S) groups is 1. The van der Waals surface area contributed by atoms with Gasteiger partial charge in [-0.25, -0.2) is 0 Å². The molecule has 0 N–H and O–H groups in total. The molecule has 0 atom stereocenters.